The van der Waals surface area contributed by atoms with Gasteiger partial charge in [0.15, 0.2) is 0 Å². The van der Waals surface area contributed by atoms with Gasteiger partial charge in [-0.05, 0) is 47.5 Å². The van der Waals surface area contributed by atoms with Gasteiger partial charge in [0, 0.05) is 46.4 Å². The van der Waals surface area contributed by atoms with E-state index in [-0.39, 0.29) is 5.56 Å². The minimum absolute atomic E-state index is 0.0209. The Balaban J connectivity index is 2.07. The Kier molecular flexibility index (Phi) is 4.49. The van der Waals surface area contributed by atoms with Gasteiger partial charge in [0.2, 0.25) is 0 Å². The number of aromatic nitrogens is 3. The van der Waals surface area contributed by atoms with E-state index in [2.05, 4.69) is 16.3 Å². The Bertz CT molecular complexity index is 1180. The van der Waals surface area contributed by atoms with Crippen LogP contribution in [0.15, 0.2) is 64.7 Å². The monoisotopic (exact) mass is 377 g/mol. The summed E-state index contributed by atoms with van der Waals surface area (Å²) in [5.41, 5.74) is 3.89. The van der Waals surface area contributed by atoms with Gasteiger partial charge in [-0.2, -0.15) is 5.10 Å². The molecule has 1 N–H and O–H groups in total. The third-order valence-corrected chi connectivity index (χ3v) is 5.44. The highest BCUT2D eigenvalue weighted by Gasteiger charge is 2.15. The Labute approximate surface area is 161 Å². The van der Waals surface area contributed by atoms with Crippen LogP contribution < -0.4 is 10.3 Å². The van der Waals surface area contributed by atoms with Gasteiger partial charge in [-0.1, -0.05) is 6.07 Å². The largest absolute Gasteiger partial charge is 0.496 e. The van der Waals surface area contributed by atoms with E-state index in [1.807, 2.05) is 49.0 Å². The highest BCUT2D eigenvalue weighted by atomic mass is 32.2. The lowest BCUT2D eigenvalue weighted by Gasteiger charge is -2.15. The number of nitrogens with zero attached hydrogens (tertiary/aromatic N) is 2. The van der Waals surface area contributed by atoms with Gasteiger partial charge in [0.05, 0.1) is 13.3 Å². The number of thioether (sulfide) groups is 1. The molecule has 0 fully saturated rings. The van der Waals surface area contributed by atoms with Gasteiger partial charge in [-0.3, -0.25) is 9.89 Å². The molecule has 0 aliphatic heterocycles. The predicted octanol–water partition coefficient (Wildman–Crippen LogP) is 4.33. The summed E-state index contributed by atoms with van der Waals surface area (Å²) in [5, 5.41) is 8.44. The molecule has 6 heteroatoms. The summed E-state index contributed by atoms with van der Waals surface area (Å²) in [6.07, 6.45) is 7.54. The summed E-state index contributed by atoms with van der Waals surface area (Å²) >= 11 is 1.67. The van der Waals surface area contributed by atoms with E-state index in [0.717, 1.165) is 38.3 Å². The molecule has 2 aromatic carbocycles. The summed E-state index contributed by atoms with van der Waals surface area (Å²) in [4.78, 5) is 13.8. The van der Waals surface area contributed by atoms with E-state index in [4.69, 9.17) is 4.74 Å². The Morgan fingerprint density at radius 3 is 2.63 bits per heavy atom. The number of aryl methyl sites for hydroxylation is 1. The highest BCUT2D eigenvalue weighted by molar-refractivity contribution is 7.98. The van der Waals surface area contributed by atoms with Crippen molar-refractivity contribution < 1.29 is 4.74 Å². The van der Waals surface area contributed by atoms with E-state index in [9.17, 15) is 4.79 Å². The molecule has 0 saturated carbocycles. The minimum atomic E-state index is -0.0209. The molecule has 0 aliphatic carbocycles. The van der Waals surface area contributed by atoms with Crippen molar-refractivity contribution in [3.05, 3.63) is 65.3 Å². The van der Waals surface area contributed by atoms with Crippen molar-refractivity contribution in [1.29, 1.82) is 0 Å². The number of methoxy groups -OCH3 is 1. The standard InChI is InChI=1S/C21H19N3O2S/c1-24-12-19(18-9-15(27-3)5-7-20(18)26-2)17-8-13(14-10-22-23-11-14)4-6-16(17)21(24)25/h4-12H,1-3H3,(H,22,23). The lowest BCUT2D eigenvalue weighted by Crippen LogP contribution is -2.16. The third kappa shape index (κ3) is 3.02. The van der Waals surface area contributed by atoms with Crippen molar-refractivity contribution in [1.82, 2.24) is 14.8 Å². The number of rotatable bonds is 4. The van der Waals surface area contributed by atoms with Crippen LogP contribution in [0.4, 0.5) is 0 Å². The zero-order valence-corrected chi connectivity index (χ0v) is 16.1. The number of hydrogen-bond donors (Lipinski definition) is 1. The SMILES string of the molecule is COc1ccc(SC)cc1-c1cn(C)c(=O)c2ccc(-c3cn[nH]c3)cc12. The van der Waals surface area contributed by atoms with Gasteiger partial charge in [0.25, 0.3) is 5.56 Å². The molecule has 4 aromatic rings. The zero-order chi connectivity index (χ0) is 19.0. The Hall–Kier alpha value is -2.99. The fraction of sp³-hybridized carbons (Fsp3) is 0.143. The number of nitrogens with one attached hydrogen (secondary N) is 1. The molecule has 0 aliphatic rings. The molecule has 0 atom stereocenters. The number of benzene rings is 2. The normalized spacial score (nSPS) is 11.1. The molecular formula is C21H19N3O2S. The summed E-state index contributed by atoms with van der Waals surface area (Å²) < 4.78 is 7.23. The van der Waals surface area contributed by atoms with Crippen LogP contribution in [-0.2, 0) is 7.05 Å². The van der Waals surface area contributed by atoms with Gasteiger partial charge >= 0.3 is 0 Å². The van der Waals surface area contributed by atoms with Gasteiger partial charge in [0.1, 0.15) is 5.75 Å². The fourth-order valence-corrected chi connectivity index (χ4v) is 3.73. The lowest BCUT2D eigenvalue weighted by molar-refractivity contribution is 0.416. The molecular weight excluding hydrogens is 358 g/mol. The third-order valence-electron chi connectivity index (χ3n) is 4.71. The van der Waals surface area contributed by atoms with Crippen LogP contribution in [0, 0.1) is 0 Å². The molecule has 5 nitrogen and oxygen atoms in total. The molecule has 0 radical (unpaired) electrons. The second kappa shape index (κ2) is 6.96. The molecule has 2 heterocycles. The van der Waals surface area contributed by atoms with Crippen LogP contribution in [0.3, 0.4) is 0 Å². The number of pyridine rings is 1. The first-order chi connectivity index (χ1) is 13.1. The fourth-order valence-electron chi connectivity index (χ4n) is 3.29. The average molecular weight is 377 g/mol. The summed E-state index contributed by atoms with van der Waals surface area (Å²) in [7, 11) is 3.44. The average Bonchev–Trinajstić information content (AvgIpc) is 3.24. The predicted molar refractivity (Wildman–Crippen MR) is 111 cm³/mol. The van der Waals surface area contributed by atoms with Crippen LogP contribution in [0.1, 0.15) is 0 Å². The van der Waals surface area contributed by atoms with E-state index < -0.39 is 0 Å². The van der Waals surface area contributed by atoms with Crippen molar-refractivity contribution in [3.63, 3.8) is 0 Å². The van der Waals surface area contributed by atoms with Crippen LogP contribution in [-0.4, -0.2) is 28.1 Å². The zero-order valence-electron chi connectivity index (χ0n) is 15.3. The molecule has 0 saturated heterocycles. The summed E-state index contributed by atoms with van der Waals surface area (Å²) in [6.45, 7) is 0. The van der Waals surface area contributed by atoms with Crippen LogP contribution in [0.5, 0.6) is 5.75 Å². The first-order valence-electron chi connectivity index (χ1n) is 8.47. The molecule has 136 valence electrons. The Morgan fingerprint density at radius 1 is 1.07 bits per heavy atom. The van der Waals surface area contributed by atoms with Crippen LogP contribution in [0.2, 0.25) is 0 Å². The van der Waals surface area contributed by atoms with Gasteiger partial charge < -0.3 is 9.30 Å². The number of H-pyrrole nitrogens is 1. The van der Waals surface area contributed by atoms with Crippen LogP contribution in [0.25, 0.3) is 33.0 Å². The van der Waals surface area contributed by atoms with Crippen molar-refractivity contribution in [2.75, 3.05) is 13.4 Å². The minimum Gasteiger partial charge on any atom is -0.496 e. The maximum atomic E-state index is 12.7. The first-order valence-corrected chi connectivity index (χ1v) is 9.70. The smallest absolute Gasteiger partial charge is 0.258 e. The van der Waals surface area contributed by atoms with E-state index in [1.165, 1.54) is 0 Å². The quantitative estimate of drug-likeness (QED) is 0.538. The Morgan fingerprint density at radius 2 is 1.93 bits per heavy atom. The van der Waals surface area contributed by atoms with Crippen LogP contribution >= 0.6 is 11.8 Å². The van der Waals surface area contributed by atoms with Gasteiger partial charge in [-0.15, -0.1) is 11.8 Å². The molecule has 2 aromatic heterocycles. The van der Waals surface area contributed by atoms with Crippen molar-refractivity contribution in [2.24, 2.45) is 7.05 Å². The lowest BCUT2D eigenvalue weighted by atomic mass is 9.97. The number of fused-ring (bicyclic) bond motifs is 1. The second-order valence-electron chi connectivity index (χ2n) is 6.27. The van der Waals surface area contributed by atoms with Crippen molar-refractivity contribution >= 4 is 22.5 Å². The van der Waals surface area contributed by atoms with E-state index in [0.29, 0.717) is 5.39 Å². The molecule has 0 bridgehead atoms. The number of ether oxygens (including phenoxy) is 1. The van der Waals surface area contributed by atoms with Crippen molar-refractivity contribution in [3.8, 4) is 28.0 Å². The van der Waals surface area contributed by atoms with Crippen molar-refractivity contribution in [2.45, 2.75) is 4.90 Å². The highest BCUT2D eigenvalue weighted by Crippen LogP contribution is 2.37. The number of aromatic amines is 1. The molecule has 0 amide bonds. The first kappa shape index (κ1) is 17.4. The summed E-state index contributed by atoms with van der Waals surface area (Å²) in [6, 6.07) is 12.0. The maximum absolute atomic E-state index is 12.7. The van der Waals surface area contributed by atoms with Gasteiger partial charge in [-0.25, -0.2) is 0 Å². The molecule has 0 unspecified atom stereocenters. The second-order valence-corrected chi connectivity index (χ2v) is 7.15. The molecule has 27 heavy (non-hydrogen) atoms. The van der Waals surface area contributed by atoms with E-state index in [1.54, 1.807) is 36.7 Å². The molecule has 0 spiro atoms. The maximum Gasteiger partial charge on any atom is 0.258 e. The summed E-state index contributed by atoms with van der Waals surface area (Å²) in [5.74, 6) is 0.779. The topological polar surface area (TPSA) is 59.9 Å². The van der Waals surface area contributed by atoms with E-state index >= 15 is 0 Å². The number of hydrogen-bond acceptors (Lipinski definition) is 4. The molecule has 4 rings (SSSR count).